The lowest BCUT2D eigenvalue weighted by atomic mass is 10.0. The fraction of sp³-hybridized carbons (Fsp3) is 0.647. The third-order valence-corrected chi connectivity index (χ3v) is 6.22. The maximum atomic E-state index is 12.6. The molecule has 8 heteroatoms. The minimum absolute atomic E-state index is 0.0148. The molecule has 0 aromatic heterocycles. The summed E-state index contributed by atoms with van der Waals surface area (Å²) in [5.41, 5.74) is 1.00. The number of benzene rings is 1. The summed E-state index contributed by atoms with van der Waals surface area (Å²) in [7, 11) is 1.87. The van der Waals surface area contributed by atoms with Crippen molar-refractivity contribution in [3.05, 3.63) is 29.8 Å². The van der Waals surface area contributed by atoms with E-state index in [1.165, 1.54) is 0 Å². The number of nitrogens with zero attached hydrogens (tertiary/aromatic N) is 2. The van der Waals surface area contributed by atoms with Gasteiger partial charge in [0.25, 0.3) is 0 Å². The normalized spacial score (nSPS) is 19.9. The van der Waals surface area contributed by atoms with E-state index >= 15 is 0 Å². The Bertz CT molecular complexity index is 638. The molecular weight excluding hydrogens is 344 g/mol. The van der Waals surface area contributed by atoms with Gasteiger partial charge in [0.1, 0.15) is 5.75 Å². The highest BCUT2D eigenvalue weighted by Gasteiger charge is 2.33. The van der Waals surface area contributed by atoms with Crippen LogP contribution in [0.25, 0.3) is 0 Å². The van der Waals surface area contributed by atoms with Crippen LogP contribution in [0.1, 0.15) is 11.6 Å². The number of para-hydroxylation sites is 1. The monoisotopic (exact) mass is 372 g/mol. The van der Waals surface area contributed by atoms with Crippen LogP contribution in [0.2, 0.25) is 0 Å². The van der Waals surface area contributed by atoms with Crippen molar-refractivity contribution in [2.24, 2.45) is 0 Å². The molecule has 1 saturated heterocycles. The zero-order valence-corrected chi connectivity index (χ0v) is 16.0. The van der Waals surface area contributed by atoms with Gasteiger partial charge < -0.3 is 14.2 Å². The first-order valence-corrected chi connectivity index (χ1v) is 9.98. The van der Waals surface area contributed by atoms with Crippen molar-refractivity contribution in [3.8, 4) is 5.75 Å². The Balaban J connectivity index is 2.03. The number of likely N-dealkylation sites (N-methyl/N-ethyl adjacent to an activating group) is 1. The Labute approximate surface area is 150 Å². The summed E-state index contributed by atoms with van der Waals surface area (Å²) < 4.78 is 42.4. The van der Waals surface area contributed by atoms with Gasteiger partial charge in [0.2, 0.25) is 10.0 Å². The van der Waals surface area contributed by atoms with Crippen molar-refractivity contribution >= 4 is 10.0 Å². The Morgan fingerprint density at radius 2 is 1.88 bits per heavy atom. The number of methoxy groups -OCH3 is 2. The second-order valence-electron chi connectivity index (χ2n) is 6.02. The molecule has 1 aliphatic rings. The molecule has 1 aromatic carbocycles. The molecule has 142 valence electrons. The summed E-state index contributed by atoms with van der Waals surface area (Å²) in [6, 6.07) is 7.72. The van der Waals surface area contributed by atoms with Gasteiger partial charge in [-0.25, -0.2) is 8.42 Å². The van der Waals surface area contributed by atoms with Crippen LogP contribution in [0.5, 0.6) is 5.75 Å². The average molecular weight is 372 g/mol. The van der Waals surface area contributed by atoms with E-state index < -0.39 is 10.0 Å². The topological polar surface area (TPSA) is 68.3 Å². The molecule has 25 heavy (non-hydrogen) atoms. The SMILES string of the molecule is COCCOCCS(=O)(=O)N1CCN(C)C(c2ccccc2OC)C1. The summed E-state index contributed by atoms with van der Waals surface area (Å²) >= 11 is 0. The number of rotatable bonds is 9. The predicted octanol–water partition coefficient (Wildman–Crippen LogP) is 0.977. The van der Waals surface area contributed by atoms with Gasteiger partial charge in [-0.05, 0) is 13.1 Å². The molecular formula is C17H28N2O5S. The van der Waals surface area contributed by atoms with Crippen molar-refractivity contribution in [1.82, 2.24) is 9.21 Å². The first-order chi connectivity index (χ1) is 12.0. The molecule has 1 fully saturated rings. The molecule has 1 unspecified atom stereocenters. The molecule has 0 bridgehead atoms. The quantitative estimate of drug-likeness (QED) is 0.602. The number of ether oxygens (including phenoxy) is 3. The summed E-state index contributed by atoms with van der Waals surface area (Å²) in [5.74, 6) is 0.764. The number of sulfonamides is 1. The number of hydrogen-bond acceptors (Lipinski definition) is 6. The minimum atomic E-state index is -3.35. The van der Waals surface area contributed by atoms with Crippen LogP contribution in [0, 0.1) is 0 Å². The molecule has 0 N–H and O–H groups in total. The second kappa shape index (κ2) is 9.49. The molecule has 1 heterocycles. The smallest absolute Gasteiger partial charge is 0.216 e. The first-order valence-electron chi connectivity index (χ1n) is 8.37. The van der Waals surface area contributed by atoms with Crippen LogP contribution in [0.3, 0.4) is 0 Å². The van der Waals surface area contributed by atoms with Gasteiger partial charge in [-0.3, -0.25) is 4.90 Å². The average Bonchev–Trinajstić information content (AvgIpc) is 2.61. The highest BCUT2D eigenvalue weighted by atomic mass is 32.2. The lowest BCUT2D eigenvalue weighted by Crippen LogP contribution is -2.49. The maximum absolute atomic E-state index is 12.6. The van der Waals surface area contributed by atoms with Crippen molar-refractivity contribution < 1.29 is 22.6 Å². The van der Waals surface area contributed by atoms with E-state index in [0.717, 1.165) is 11.3 Å². The summed E-state index contributed by atoms with van der Waals surface area (Å²) in [4.78, 5) is 2.17. The first kappa shape index (κ1) is 20.1. The molecule has 0 spiro atoms. The Kier molecular flexibility index (Phi) is 7.64. The van der Waals surface area contributed by atoms with E-state index in [9.17, 15) is 8.42 Å². The zero-order valence-electron chi connectivity index (χ0n) is 15.2. The van der Waals surface area contributed by atoms with Crippen LogP contribution >= 0.6 is 0 Å². The van der Waals surface area contributed by atoms with Crippen LogP contribution < -0.4 is 4.74 Å². The largest absolute Gasteiger partial charge is 0.496 e. The van der Waals surface area contributed by atoms with Gasteiger partial charge in [-0.15, -0.1) is 0 Å². The third-order valence-electron chi connectivity index (χ3n) is 4.42. The fourth-order valence-corrected chi connectivity index (χ4v) is 4.23. The van der Waals surface area contributed by atoms with Crippen molar-refractivity contribution in [1.29, 1.82) is 0 Å². The highest BCUT2D eigenvalue weighted by molar-refractivity contribution is 7.89. The molecule has 0 amide bonds. The number of piperazine rings is 1. The van der Waals surface area contributed by atoms with Gasteiger partial charge in [-0.2, -0.15) is 4.31 Å². The highest BCUT2D eigenvalue weighted by Crippen LogP contribution is 2.31. The zero-order chi connectivity index (χ0) is 18.3. The van der Waals surface area contributed by atoms with E-state index in [4.69, 9.17) is 14.2 Å². The Morgan fingerprint density at radius 3 is 2.60 bits per heavy atom. The van der Waals surface area contributed by atoms with Gasteiger partial charge >= 0.3 is 0 Å². The van der Waals surface area contributed by atoms with Crippen molar-refractivity contribution in [2.45, 2.75) is 6.04 Å². The molecule has 2 rings (SSSR count). The van der Waals surface area contributed by atoms with E-state index in [1.54, 1.807) is 18.5 Å². The molecule has 1 aromatic rings. The summed E-state index contributed by atoms with van der Waals surface area (Å²) in [5, 5.41) is 0. The third kappa shape index (κ3) is 5.39. The standard InChI is InChI=1S/C17H28N2O5S/c1-18-8-9-19(25(20,21)13-12-24-11-10-22-2)14-16(18)15-6-4-5-7-17(15)23-3/h4-7,16H,8-14H2,1-3H3. The van der Waals surface area contributed by atoms with E-state index in [1.807, 2.05) is 31.3 Å². The van der Waals surface area contributed by atoms with E-state index in [-0.39, 0.29) is 18.4 Å². The molecule has 0 radical (unpaired) electrons. The van der Waals surface area contributed by atoms with Gasteiger partial charge in [0.15, 0.2) is 0 Å². The number of hydrogen-bond donors (Lipinski definition) is 0. The second-order valence-corrected chi connectivity index (χ2v) is 8.11. The lowest BCUT2D eigenvalue weighted by molar-refractivity contribution is 0.0777. The molecule has 1 atom stereocenters. The minimum Gasteiger partial charge on any atom is -0.496 e. The fourth-order valence-electron chi connectivity index (χ4n) is 2.92. The van der Waals surface area contributed by atoms with E-state index in [2.05, 4.69) is 4.90 Å². The van der Waals surface area contributed by atoms with E-state index in [0.29, 0.717) is 32.8 Å². The maximum Gasteiger partial charge on any atom is 0.216 e. The summed E-state index contributed by atoms with van der Waals surface area (Å²) in [6.45, 7) is 2.62. The summed E-state index contributed by atoms with van der Waals surface area (Å²) in [6.07, 6.45) is 0. The van der Waals surface area contributed by atoms with Gasteiger partial charge in [-0.1, -0.05) is 18.2 Å². The Hall–Kier alpha value is -1.19. The van der Waals surface area contributed by atoms with Crippen LogP contribution in [-0.4, -0.2) is 84.1 Å². The molecule has 7 nitrogen and oxygen atoms in total. The van der Waals surface area contributed by atoms with Crippen LogP contribution in [-0.2, 0) is 19.5 Å². The van der Waals surface area contributed by atoms with Crippen LogP contribution in [0.4, 0.5) is 0 Å². The Morgan fingerprint density at radius 1 is 1.12 bits per heavy atom. The molecule has 1 aliphatic heterocycles. The molecule has 0 saturated carbocycles. The van der Waals surface area contributed by atoms with Gasteiger partial charge in [0, 0.05) is 32.3 Å². The lowest BCUT2D eigenvalue weighted by Gasteiger charge is -2.39. The predicted molar refractivity (Wildman–Crippen MR) is 96.4 cm³/mol. The van der Waals surface area contributed by atoms with Crippen LogP contribution in [0.15, 0.2) is 24.3 Å². The van der Waals surface area contributed by atoms with Crippen molar-refractivity contribution in [2.75, 3.05) is 66.5 Å². The van der Waals surface area contributed by atoms with Crippen molar-refractivity contribution in [3.63, 3.8) is 0 Å². The molecule has 0 aliphatic carbocycles. The van der Waals surface area contributed by atoms with Gasteiger partial charge in [0.05, 0.1) is 38.7 Å².